The first-order valence-electron chi connectivity index (χ1n) is 17.2. The third-order valence-electron chi connectivity index (χ3n) is 11.0. The molecule has 2 aromatic heterocycles. The summed E-state index contributed by atoms with van der Waals surface area (Å²) in [6.45, 7) is 0. The first-order valence-corrected chi connectivity index (χ1v) is 18.0. The summed E-state index contributed by atoms with van der Waals surface area (Å²) in [6.07, 6.45) is 0. The van der Waals surface area contributed by atoms with Gasteiger partial charge < -0.3 is 4.42 Å². The van der Waals surface area contributed by atoms with Crippen LogP contribution in [0.1, 0.15) is 0 Å². The first-order chi connectivity index (χ1) is 24.8. The summed E-state index contributed by atoms with van der Waals surface area (Å²) in [6, 6.07) is 58.3. The lowest BCUT2D eigenvalue weighted by atomic mass is 9.87. The number of fused-ring (bicyclic) bond motifs is 9. The van der Waals surface area contributed by atoms with E-state index in [0.717, 1.165) is 27.5 Å². The maximum atomic E-state index is 7.07. The summed E-state index contributed by atoms with van der Waals surface area (Å²) >= 11 is 1.87. The molecule has 0 atom stereocenters. The molecule has 0 aliphatic rings. The van der Waals surface area contributed by atoms with Crippen molar-refractivity contribution in [2.45, 2.75) is 0 Å². The number of rotatable bonds is 2. The zero-order chi connectivity index (χ0) is 32.5. The Labute approximate surface area is 290 Å². The Kier molecular flexibility index (Phi) is 5.18. The van der Waals surface area contributed by atoms with E-state index in [1.807, 2.05) is 11.3 Å². The van der Waals surface area contributed by atoms with E-state index < -0.39 is 0 Å². The molecule has 0 fully saturated rings. The minimum absolute atomic E-state index is 0.936. The first kappa shape index (κ1) is 26.7. The van der Waals surface area contributed by atoms with Gasteiger partial charge in [0.25, 0.3) is 0 Å². The molecule has 12 aromatic rings. The molecule has 0 amide bonds. The zero-order valence-corrected chi connectivity index (χ0v) is 27.6. The van der Waals surface area contributed by atoms with Crippen LogP contribution in [-0.2, 0) is 0 Å². The standard InChI is InChI=1S/C48H26OS/c1-2-8-32-25-43-41(24-31(32)7-1)37-19-17-33(26-42(37)50-43)35-22-23-39(46-40-21-14-27-6-3-4-11-34(27)47(40)49-48(35)46)36-18-15-30-13-12-28-9-5-10-29-16-20-38(36)45(30)44(28)29/h1-26H. The van der Waals surface area contributed by atoms with Crippen LogP contribution in [0.5, 0.6) is 0 Å². The maximum absolute atomic E-state index is 7.07. The molecule has 12 rings (SSSR count). The molecule has 230 valence electrons. The summed E-state index contributed by atoms with van der Waals surface area (Å²) in [7, 11) is 0. The van der Waals surface area contributed by atoms with Crippen molar-refractivity contribution in [2.24, 2.45) is 0 Å². The van der Waals surface area contributed by atoms with Crippen molar-refractivity contribution < 1.29 is 4.42 Å². The van der Waals surface area contributed by atoms with Gasteiger partial charge >= 0.3 is 0 Å². The van der Waals surface area contributed by atoms with E-state index in [2.05, 4.69) is 158 Å². The van der Waals surface area contributed by atoms with Gasteiger partial charge in [0.1, 0.15) is 11.2 Å². The molecule has 0 aliphatic carbocycles. The maximum Gasteiger partial charge on any atom is 0.143 e. The van der Waals surface area contributed by atoms with Crippen molar-refractivity contribution in [3.63, 3.8) is 0 Å². The Balaban J connectivity index is 1.16. The van der Waals surface area contributed by atoms with Crippen molar-refractivity contribution in [3.8, 4) is 22.3 Å². The van der Waals surface area contributed by atoms with Gasteiger partial charge in [0.05, 0.1) is 0 Å². The van der Waals surface area contributed by atoms with Crippen molar-refractivity contribution in [1.82, 2.24) is 0 Å². The molecule has 50 heavy (non-hydrogen) atoms. The molecule has 10 aromatic carbocycles. The molecule has 0 spiro atoms. The number of hydrogen-bond donors (Lipinski definition) is 0. The molecule has 2 heteroatoms. The molecular formula is C48H26OS. The summed E-state index contributed by atoms with van der Waals surface area (Å²) in [5, 5.41) is 17.6. The molecule has 0 saturated carbocycles. The van der Waals surface area contributed by atoms with E-state index >= 15 is 0 Å². The fraction of sp³-hybridized carbons (Fsp3) is 0. The lowest BCUT2D eigenvalue weighted by molar-refractivity contribution is 0.674. The molecule has 1 nitrogen and oxygen atoms in total. The summed E-state index contributed by atoms with van der Waals surface area (Å²) in [5.74, 6) is 0. The molecular weight excluding hydrogens is 625 g/mol. The molecule has 0 bridgehead atoms. The Bertz CT molecular complexity index is 3360. The van der Waals surface area contributed by atoms with Crippen LogP contribution in [-0.4, -0.2) is 0 Å². The third kappa shape index (κ3) is 3.56. The molecule has 0 aliphatic heterocycles. The number of furan rings is 1. The lowest BCUT2D eigenvalue weighted by Gasteiger charge is -2.15. The topological polar surface area (TPSA) is 13.1 Å². The van der Waals surface area contributed by atoms with Crippen LogP contribution in [0.4, 0.5) is 0 Å². The Morgan fingerprint density at radius 2 is 0.940 bits per heavy atom. The van der Waals surface area contributed by atoms with E-state index in [0.29, 0.717) is 0 Å². The summed E-state index contributed by atoms with van der Waals surface area (Å²) in [5.41, 5.74) is 6.60. The van der Waals surface area contributed by atoms with Gasteiger partial charge in [-0.1, -0.05) is 127 Å². The van der Waals surface area contributed by atoms with Gasteiger partial charge in [-0.3, -0.25) is 0 Å². The quantitative estimate of drug-likeness (QED) is 0.170. The molecule has 0 saturated heterocycles. The molecule has 0 unspecified atom stereocenters. The summed E-state index contributed by atoms with van der Waals surface area (Å²) in [4.78, 5) is 0. The highest BCUT2D eigenvalue weighted by Gasteiger charge is 2.21. The van der Waals surface area contributed by atoms with Crippen LogP contribution in [0.15, 0.2) is 162 Å². The SMILES string of the molecule is c1ccc2cc3c(cc2c1)sc1cc(-c2ccc(-c4ccc5ccc6cccc7ccc4c5c67)c4c2oc2c5ccccc5ccc24)ccc13. The minimum atomic E-state index is 0.936. The van der Waals surface area contributed by atoms with Gasteiger partial charge in [-0.05, 0) is 95.5 Å². The molecule has 0 radical (unpaired) electrons. The van der Waals surface area contributed by atoms with Crippen molar-refractivity contribution in [1.29, 1.82) is 0 Å². The third-order valence-corrected chi connectivity index (χ3v) is 12.1. The van der Waals surface area contributed by atoms with E-state index in [1.54, 1.807) is 0 Å². The Morgan fingerprint density at radius 3 is 1.82 bits per heavy atom. The number of benzene rings is 10. The largest absolute Gasteiger partial charge is 0.455 e. The predicted molar refractivity (Wildman–Crippen MR) is 216 cm³/mol. The second kappa shape index (κ2) is 9.69. The monoisotopic (exact) mass is 650 g/mol. The Morgan fingerprint density at radius 1 is 0.320 bits per heavy atom. The van der Waals surface area contributed by atoms with E-state index in [1.165, 1.54) is 90.7 Å². The lowest BCUT2D eigenvalue weighted by Crippen LogP contribution is -1.89. The van der Waals surface area contributed by atoms with Crippen LogP contribution < -0.4 is 0 Å². The second-order valence-corrected chi connectivity index (χ2v) is 14.7. The van der Waals surface area contributed by atoms with Crippen LogP contribution in [0, 0.1) is 0 Å². The van der Waals surface area contributed by atoms with Gasteiger partial charge in [0.15, 0.2) is 0 Å². The van der Waals surface area contributed by atoms with Crippen molar-refractivity contribution in [2.75, 3.05) is 0 Å². The minimum Gasteiger partial charge on any atom is -0.455 e. The average molecular weight is 651 g/mol. The highest BCUT2D eigenvalue weighted by Crippen LogP contribution is 2.47. The zero-order valence-electron chi connectivity index (χ0n) is 26.8. The van der Waals surface area contributed by atoms with Gasteiger partial charge in [-0.25, -0.2) is 0 Å². The number of hydrogen-bond acceptors (Lipinski definition) is 2. The van der Waals surface area contributed by atoms with E-state index in [4.69, 9.17) is 4.42 Å². The molecule has 2 heterocycles. The smallest absolute Gasteiger partial charge is 0.143 e. The van der Waals surface area contributed by atoms with Crippen LogP contribution in [0.2, 0.25) is 0 Å². The normalized spacial score (nSPS) is 12.4. The second-order valence-electron chi connectivity index (χ2n) is 13.6. The van der Waals surface area contributed by atoms with Gasteiger partial charge in [-0.15, -0.1) is 11.3 Å². The van der Waals surface area contributed by atoms with Gasteiger partial charge in [0, 0.05) is 41.9 Å². The average Bonchev–Trinajstić information content (AvgIpc) is 3.74. The summed E-state index contributed by atoms with van der Waals surface area (Å²) < 4.78 is 9.68. The van der Waals surface area contributed by atoms with Crippen LogP contribution in [0.25, 0.3) is 118 Å². The van der Waals surface area contributed by atoms with Gasteiger partial charge in [-0.2, -0.15) is 0 Å². The van der Waals surface area contributed by atoms with E-state index in [9.17, 15) is 0 Å². The number of thiophene rings is 1. The highest BCUT2D eigenvalue weighted by atomic mass is 32.1. The van der Waals surface area contributed by atoms with Gasteiger partial charge in [0.2, 0.25) is 0 Å². The van der Waals surface area contributed by atoms with E-state index in [-0.39, 0.29) is 0 Å². The fourth-order valence-electron chi connectivity index (χ4n) is 8.66. The van der Waals surface area contributed by atoms with Crippen molar-refractivity contribution >= 4 is 107 Å². The highest BCUT2D eigenvalue weighted by molar-refractivity contribution is 7.25. The predicted octanol–water partition coefficient (Wildman–Crippen LogP) is 14.5. The van der Waals surface area contributed by atoms with Crippen LogP contribution >= 0.6 is 11.3 Å². The van der Waals surface area contributed by atoms with Crippen LogP contribution in [0.3, 0.4) is 0 Å². The Hall–Kier alpha value is -6.22. The molecule has 0 N–H and O–H groups in total. The fourth-order valence-corrected chi connectivity index (χ4v) is 9.84. The van der Waals surface area contributed by atoms with Crippen molar-refractivity contribution in [3.05, 3.63) is 158 Å².